The number of halogens is 2. The lowest BCUT2D eigenvalue weighted by atomic mass is 9.96. The van der Waals surface area contributed by atoms with Gasteiger partial charge in [0.05, 0.1) is 18.2 Å². The Hall–Kier alpha value is -4.34. The van der Waals surface area contributed by atoms with Gasteiger partial charge in [0.2, 0.25) is 5.91 Å². The van der Waals surface area contributed by atoms with E-state index in [4.69, 9.17) is 9.47 Å². The highest BCUT2D eigenvalue weighted by molar-refractivity contribution is 5.93. The van der Waals surface area contributed by atoms with E-state index in [2.05, 4.69) is 25.3 Å². The van der Waals surface area contributed by atoms with Crippen LogP contribution in [0.2, 0.25) is 0 Å². The summed E-state index contributed by atoms with van der Waals surface area (Å²) in [6.07, 6.45) is 3.67. The van der Waals surface area contributed by atoms with Crippen LogP contribution in [0.4, 0.5) is 14.6 Å². The Labute approximate surface area is 204 Å². The van der Waals surface area contributed by atoms with Gasteiger partial charge in [0.25, 0.3) is 6.43 Å². The van der Waals surface area contributed by atoms with Crippen molar-refractivity contribution in [3.8, 4) is 28.5 Å². The monoisotopic (exact) mass is 489 g/mol. The fourth-order valence-electron chi connectivity index (χ4n) is 4.51. The molecule has 4 aromatic rings. The number of carbonyl (C=O) groups is 1. The van der Waals surface area contributed by atoms with Gasteiger partial charge < -0.3 is 19.8 Å². The molecule has 0 unspecified atom stereocenters. The molecule has 6 rings (SSSR count). The molecule has 0 aliphatic carbocycles. The van der Waals surface area contributed by atoms with Crippen molar-refractivity contribution in [2.75, 3.05) is 11.9 Å². The van der Waals surface area contributed by atoms with Crippen molar-refractivity contribution in [2.45, 2.75) is 31.6 Å². The highest BCUT2D eigenvalue weighted by Gasteiger charge is 2.25. The van der Waals surface area contributed by atoms with E-state index in [1.807, 2.05) is 18.2 Å². The van der Waals surface area contributed by atoms with Crippen LogP contribution in [0.1, 0.15) is 41.4 Å². The van der Waals surface area contributed by atoms with Crippen molar-refractivity contribution in [2.24, 2.45) is 0 Å². The number of H-pyrrole nitrogens is 1. The third kappa shape index (κ3) is 4.26. The summed E-state index contributed by atoms with van der Waals surface area (Å²) in [5.41, 5.74) is 2.72. The second-order valence-electron chi connectivity index (χ2n) is 8.71. The smallest absolute Gasteiger partial charge is 0.280 e. The molecule has 0 saturated heterocycles. The first-order valence-corrected chi connectivity index (χ1v) is 11.5. The molecule has 1 aromatic carbocycles. The van der Waals surface area contributed by atoms with Gasteiger partial charge in [-0.1, -0.05) is 0 Å². The molecular formula is C26H21F2N5O3. The number of aromatic nitrogens is 4. The predicted octanol–water partition coefficient (Wildman–Crippen LogP) is 5.20. The topological polar surface area (TPSA) is 102 Å². The van der Waals surface area contributed by atoms with Crippen molar-refractivity contribution >= 4 is 11.7 Å². The fourth-order valence-corrected chi connectivity index (χ4v) is 4.51. The normalized spacial score (nSPS) is 16.6. The van der Waals surface area contributed by atoms with E-state index in [1.165, 1.54) is 12.3 Å². The van der Waals surface area contributed by atoms with E-state index in [9.17, 15) is 13.6 Å². The first-order valence-electron chi connectivity index (χ1n) is 11.5. The number of imidazole rings is 1. The number of hydrogen-bond acceptors (Lipinski definition) is 6. The number of aromatic amines is 1. The van der Waals surface area contributed by atoms with Crippen LogP contribution >= 0.6 is 0 Å². The Morgan fingerprint density at radius 3 is 2.86 bits per heavy atom. The lowest BCUT2D eigenvalue weighted by Crippen LogP contribution is -2.20. The maximum absolute atomic E-state index is 13.0. The van der Waals surface area contributed by atoms with Gasteiger partial charge in [0.15, 0.2) is 0 Å². The summed E-state index contributed by atoms with van der Waals surface area (Å²) in [5, 5.41) is 2.78. The average Bonchev–Trinajstić information content (AvgIpc) is 3.39. The summed E-state index contributed by atoms with van der Waals surface area (Å²) in [6, 6.07) is 10.5. The molecule has 182 valence electrons. The minimum absolute atomic E-state index is 0.0400. The number of ether oxygens (including phenoxy) is 2. The first-order chi connectivity index (χ1) is 17.5. The van der Waals surface area contributed by atoms with Crippen molar-refractivity contribution in [3.05, 3.63) is 77.6 Å². The van der Waals surface area contributed by atoms with Crippen molar-refractivity contribution < 1.29 is 23.0 Å². The van der Waals surface area contributed by atoms with Crippen molar-refractivity contribution in [3.63, 3.8) is 0 Å². The van der Waals surface area contributed by atoms with Crippen LogP contribution in [0, 0.1) is 0 Å². The van der Waals surface area contributed by atoms with E-state index in [-0.39, 0.29) is 17.5 Å². The van der Waals surface area contributed by atoms with Crippen LogP contribution < -0.4 is 14.8 Å². The molecular weight excluding hydrogens is 468 g/mol. The molecule has 8 nitrogen and oxygen atoms in total. The van der Waals surface area contributed by atoms with Gasteiger partial charge in [-0.2, -0.15) is 0 Å². The number of amides is 1. The molecule has 0 radical (unpaired) electrons. The maximum Gasteiger partial charge on any atom is 0.280 e. The number of rotatable bonds is 5. The molecule has 1 amide bonds. The molecule has 10 heteroatoms. The highest BCUT2D eigenvalue weighted by Crippen LogP contribution is 2.37. The molecule has 0 spiro atoms. The zero-order valence-electron chi connectivity index (χ0n) is 19.0. The lowest BCUT2D eigenvalue weighted by Gasteiger charge is -2.25. The van der Waals surface area contributed by atoms with Gasteiger partial charge >= 0.3 is 0 Å². The van der Waals surface area contributed by atoms with Crippen LogP contribution in [0.5, 0.6) is 17.2 Å². The fraction of sp³-hybridized carbons (Fsp3) is 0.231. The predicted molar refractivity (Wildman–Crippen MR) is 126 cm³/mol. The summed E-state index contributed by atoms with van der Waals surface area (Å²) in [5.74, 6) is 3.25. The zero-order chi connectivity index (χ0) is 24.6. The molecule has 2 N–H and O–H groups in total. The van der Waals surface area contributed by atoms with Crippen LogP contribution in [0.25, 0.3) is 11.3 Å². The first kappa shape index (κ1) is 22.1. The van der Waals surface area contributed by atoms with Crippen LogP contribution in [0.3, 0.4) is 0 Å². The number of anilines is 1. The van der Waals surface area contributed by atoms with E-state index in [1.54, 1.807) is 24.5 Å². The van der Waals surface area contributed by atoms with Gasteiger partial charge in [-0.25, -0.2) is 18.7 Å². The van der Waals surface area contributed by atoms with E-state index >= 15 is 0 Å². The van der Waals surface area contributed by atoms with Gasteiger partial charge in [-0.3, -0.25) is 9.78 Å². The third-order valence-corrected chi connectivity index (χ3v) is 6.32. The van der Waals surface area contributed by atoms with Gasteiger partial charge in [-0.15, -0.1) is 0 Å². The standard InChI is InChI=1S/C26H21F2N5O3/c27-24(28)19-11-14(5-7-29-19)20-12-31-25(32-20)16-9-15-10-17(1-3-21(15)35-13-16)36-22-6-8-30-26-18(22)2-4-23(34)33-26/h1,3,5-8,10-12,16,24H,2,4,9,13H2,(H,31,32)(H,30,33,34)/t16-/m0/s1. The molecule has 2 aliphatic rings. The molecule has 5 heterocycles. The molecule has 0 bridgehead atoms. The summed E-state index contributed by atoms with van der Waals surface area (Å²) in [4.78, 5) is 27.4. The van der Waals surface area contributed by atoms with Crippen LogP contribution in [-0.2, 0) is 17.6 Å². The van der Waals surface area contributed by atoms with Crippen LogP contribution in [0.15, 0.2) is 55.0 Å². The Morgan fingerprint density at radius 1 is 1.08 bits per heavy atom. The second-order valence-corrected chi connectivity index (χ2v) is 8.71. The summed E-state index contributed by atoms with van der Waals surface area (Å²) in [7, 11) is 0. The summed E-state index contributed by atoms with van der Waals surface area (Å²) >= 11 is 0. The van der Waals surface area contributed by atoms with Gasteiger partial charge in [0.1, 0.15) is 34.6 Å². The molecule has 36 heavy (non-hydrogen) atoms. The highest BCUT2D eigenvalue weighted by atomic mass is 19.3. The second kappa shape index (κ2) is 9.03. The SMILES string of the molecule is O=C1CCc2c(Oc3ccc4c(c3)C[C@H](c3nc(-c5ccnc(C(F)F)c5)c[nH]3)CO4)ccnc2N1. The minimum Gasteiger partial charge on any atom is -0.493 e. The number of nitrogens with one attached hydrogen (secondary N) is 2. The van der Waals surface area contributed by atoms with E-state index in [0.29, 0.717) is 54.4 Å². The number of carbonyl (C=O) groups excluding carboxylic acids is 1. The lowest BCUT2D eigenvalue weighted by molar-refractivity contribution is -0.116. The molecule has 2 aliphatic heterocycles. The Morgan fingerprint density at radius 2 is 1.97 bits per heavy atom. The minimum atomic E-state index is -2.64. The van der Waals surface area contributed by atoms with Crippen LogP contribution in [-0.4, -0.2) is 32.4 Å². The number of hydrogen-bond donors (Lipinski definition) is 2. The maximum atomic E-state index is 13.0. The third-order valence-electron chi connectivity index (χ3n) is 6.32. The largest absolute Gasteiger partial charge is 0.493 e. The summed E-state index contributed by atoms with van der Waals surface area (Å²) < 4.78 is 38.2. The number of pyridine rings is 2. The number of fused-ring (bicyclic) bond motifs is 2. The van der Waals surface area contributed by atoms with Gasteiger partial charge in [0, 0.05) is 36.1 Å². The van der Waals surface area contributed by atoms with E-state index < -0.39 is 6.43 Å². The van der Waals surface area contributed by atoms with Gasteiger partial charge in [-0.05, 0) is 54.8 Å². The number of alkyl halides is 2. The summed E-state index contributed by atoms with van der Waals surface area (Å²) in [6.45, 7) is 0.441. The zero-order valence-corrected chi connectivity index (χ0v) is 19.0. The van der Waals surface area contributed by atoms with Crippen molar-refractivity contribution in [1.82, 2.24) is 19.9 Å². The molecule has 0 saturated carbocycles. The van der Waals surface area contributed by atoms with Crippen molar-refractivity contribution in [1.29, 1.82) is 0 Å². The average molecular weight is 489 g/mol. The molecule has 0 fully saturated rings. The quantitative estimate of drug-likeness (QED) is 0.400. The number of benzene rings is 1. The number of nitrogens with zero attached hydrogens (tertiary/aromatic N) is 3. The Bertz CT molecular complexity index is 1460. The Balaban J connectivity index is 1.21. The molecule has 1 atom stereocenters. The molecule has 3 aromatic heterocycles. The Kier molecular flexibility index (Phi) is 5.55. The van der Waals surface area contributed by atoms with E-state index in [0.717, 1.165) is 22.7 Å².